The Morgan fingerprint density at radius 3 is 2.45 bits per heavy atom. The van der Waals surface area contributed by atoms with E-state index in [1.807, 2.05) is 16.9 Å². The van der Waals surface area contributed by atoms with Crippen LogP contribution in [0.15, 0.2) is 84.1 Å². The van der Waals surface area contributed by atoms with Crippen LogP contribution in [0.5, 0.6) is 0 Å². The number of hydrogen-bond donors (Lipinski definition) is 2. The van der Waals surface area contributed by atoms with Gasteiger partial charge in [0.1, 0.15) is 6.20 Å². The highest BCUT2D eigenvalue weighted by atomic mass is 32.2. The predicted octanol–water partition coefficient (Wildman–Crippen LogP) is 6.66. The van der Waals surface area contributed by atoms with Crippen molar-refractivity contribution in [1.29, 1.82) is 0 Å². The molecule has 1 aliphatic heterocycles. The molecule has 0 saturated carbocycles. The van der Waals surface area contributed by atoms with Crippen LogP contribution < -0.4 is 9.65 Å². The highest BCUT2D eigenvalue weighted by molar-refractivity contribution is 7.97. The fraction of sp³-hybridized carbons (Fsp3) is 0.312. The lowest BCUT2D eigenvalue weighted by molar-refractivity contribution is -0.578. The standard InChI is InChI=1S/C32H35N5S/c1-32(2,22-36-16-6-3-7-17-36)18-23-10-12-24(13-11-23)25-19-34-31-29(20-35-37(31)21-25)27-14-15-30(38-33)28-9-5-4-8-26(27)28/h4-5,8-15,19-21H,3,6-7,16-18,22,33H2,1-2H3/p+1. The predicted molar refractivity (Wildman–Crippen MR) is 158 cm³/mol. The molecule has 194 valence electrons. The van der Waals surface area contributed by atoms with Crippen molar-refractivity contribution in [2.75, 3.05) is 19.6 Å². The molecule has 1 fully saturated rings. The molecule has 0 atom stereocenters. The number of rotatable bonds is 7. The lowest BCUT2D eigenvalue weighted by Gasteiger charge is -2.35. The molecular formula is C32H36N5S+. The third-order valence-corrected chi connectivity index (χ3v) is 8.39. The molecule has 0 bridgehead atoms. The topological polar surface area (TPSA) is 62.0 Å². The van der Waals surface area contributed by atoms with Crippen molar-refractivity contribution in [2.45, 2.75) is 44.4 Å². The van der Waals surface area contributed by atoms with Crippen molar-refractivity contribution in [1.82, 2.24) is 15.0 Å². The van der Waals surface area contributed by atoms with Crippen LogP contribution in [0.2, 0.25) is 0 Å². The molecule has 6 heteroatoms. The van der Waals surface area contributed by atoms with Crippen LogP contribution in [0.1, 0.15) is 38.7 Å². The van der Waals surface area contributed by atoms with E-state index in [4.69, 9.17) is 10.1 Å². The van der Waals surface area contributed by atoms with Crippen molar-refractivity contribution in [3.8, 4) is 22.3 Å². The molecule has 0 radical (unpaired) electrons. The summed E-state index contributed by atoms with van der Waals surface area (Å²) in [5, 5.41) is 11.6. The van der Waals surface area contributed by atoms with E-state index in [-0.39, 0.29) is 5.41 Å². The van der Waals surface area contributed by atoms with Gasteiger partial charge in [-0.25, -0.2) is 5.10 Å². The number of fused-ring (bicyclic) bond motifs is 2. The van der Waals surface area contributed by atoms with Gasteiger partial charge in [-0.2, -0.15) is 0 Å². The van der Waals surface area contributed by atoms with Crippen LogP contribution in [0.4, 0.5) is 0 Å². The Morgan fingerprint density at radius 1 is 0.921 bits per heavy atom. The van der Waals surface area contributed by atoms with Gasteiger partial charge in [-0.15, -0.1) is 4.52 Å². The summed E-state index contributed by atoms with van der Waals surface area (Å²) < 4.78 is 2.01. The molecule has 1 aliphatic rings. The molecule has 0 spiro atoms. The second-order valence-corrected chi connectivity index (χ2v) is 12.0. The summed E-state index contributed by atoms with van der Waals surface area (Å²) in [5.41, 5.74) is 7.06. The van der Waals surface area contributed by atoms with E-state index < -0.39 is 0 Å². The van der Waals surface area contributed by atoms with Crippen LogP contribution in [0.25, 0.3) is 38.7 Å². The first-order chi connectivity index (χ1) is 18.5. The Labute approximate surface area is 229 Å². The minimum Gasteiger partial charge on any atom is -0.303 e. The Morgan fingerprint density at radius 2 is 1.68 bits per heavy atom. The van der Waals surface area contributed by atoms with Crippen LogP contribution >= 0.6 is 11.9 Å². The van der Waals surface area contributed by atoms with Crippen LogP contribution in [-0.2, 0) is 6.42 Å². The third kappa shape index (κ3) is 5.08. The van der Waals surface area contributed by atoms with Gasteiger partial charge in [0.2, 0.25) is 0 Å². The maximum absolute atomic E-state index is 5.92. The van der Waals surface area contributed by atoms with Crippen LogP contribution in [0.3, 0.4) is 0 Å². The summed E-state index contributed by atoms with van der Waals surface area (Å²) >= 11 is 1.29. The van der Waals surface area contributed by atoms with Crippen LogP contribution in [-0.4, -0.2) is 34.6 Å². The molecule has 0 unspecified atom stereocenters. The molecule has 0 aliphatic carbocycles. The zero-order valence-electron chi connectivity index (χ0n) is 22.3. The summed E-state index contributed by atoms with van der Waals surface area (Å²) in [6, 6.07) is 21.7. The fourth-order valence-electron chi connectivity index (χ4n) is 6.03. The summed E-state index contributed by atoms with van der Waals surface area (Å²) in [7, 11) is 0. The molecule has 0 amide bonds. The normalized spacial score (nSPS) is 14.9. The fourth-order valence-corrected chi connectivity index (χ4v) is 6.48. The number of nitrogens with zero attached hydrogens (tertiary/aromatic N) is 3. The van der Waals surface area contributed by atoms with E-state index in [1.165, 1.54) is 67.4 Å². The first-order valence-electron chi connectivity index (χ1n) is 13.6. The van der Waals surface area contributed by atoms with Gasteiger partial charge in [-0.1, -0.05) is 74.9 Å². The minimum absolute atomic E-state index is 0.265. The van der Waals surface area contributed by atoms with Crippen molar-refractivity contribution in [2.24, 2.45) is 10.6 Å². The van der Waals surface area contributed by atoms with Gasteiger partial charge in [0.15, 0.2) is 6.20 Å². The number of piperidine rings is 1. The van der Waals surface area contributed by atoms with E-state index in [1.54, 1.807) is 0 Å². The molecule has 3 aromatic carbocycles. The van der Waals surface area contributed by atoms with Crippen LogP contribution in [0, 0.1) is 5.41 Å². The maximum atomic E-state index is 5.92. The van der Waals surface area contributed by atoms with Crippen molar-refractivity contribution >= 4 is 28.4 Å². The average Bonchev–Trinajstić information content (AvgIpc) is 3.36. The van der Waals surface area contributed by atoms with Gasteiger partial charge in [-0.3, -0.25) is 5.14 Å². The second kappa shape index (κ2) is 10.5. The molecule has 1 saturated heterocycles. The molecule has 5 nitrogen and oxygen atoms in total. The molecule has 5 aromatic rings. The first-order valence-corrected chi connectivity index (χ1v) is 14.5. The smallest absolute Gasteiger partial charge is 0.303 e. The van der Waals surface area contributed by atoms with Gasteiger partial charge in [0.05, 0.1) is 17.3 Å². The van der Waals surface area contributed by atoms with Gasteiger partial charge >= 0.3 is 5.65 Å². The number of aromatic amines is 1. The molecule has 3 heterocycles. The van der Waals surface area contributed by atoms with Gasteiger partial charge in [0, 0.05) is 11.4 Å². The average molecular weight is 523 g/mol. The van der Waals surface area contributed by atoms with Crippen molar-refractivity contribution in [3.05, 3.63) is 84.8 Å². The zero-order chi connectivity index (χ0) is 26.1. The van der Waals surface area contributed by atoms with Gasteiger partial charge in [0.25, 0.3) is 0 Å². The van der Waals surface area contributed by atoms with Gasteiger partial charge in [-0.05, 0) is 88.2 Å². The summed E-state index contributed by atoms with van der Waals surface area (Å²) in [4.78, 5) is 8.61. The zero-order valence-corrected chi connectivity index (χ0v) is 23.1. The number of benzene rings is 3. The number of nitrogens with one attached hydrogen (secondary N) is 1. The first kappa shape index (κ1) is 25.1. The largest absolute Gasteiger partial charge is 0.355 e. The highest BCUT2D eigenvalue weighted by Crippen LogP contribution is 2.34. The molecule has 3 N–H and O–H groups in total. The number of aromatic nitrogens is 3. The van der Waals surface area contributed by atoms with E-state index in [2.05, 4.69) is 90.7 Å². The number of hydrogen-bond acceptors (Lipinski definition) is 4. The molecule has 38 heavy (non-hydrogen) atoms. The van der Waals surface area contributed by atoms with E-state index in [9.17, 15) is 0 Å². The highest BCUT2D eigenvalue weighted by Gasteiger charge is 2.24. The quantitative estimate of drug-likeness (QED) is 0.185. The summed E-state index contributed by atoms with van der Waals surface area (Å²) in [6.07, 6.45) is 11.3. The third-order valence-electron chi connectivity index (χ3n) is 7.78. The maximum Gasteiger partial charge on any atom is 0.355 e. The SMILES string of the molecule is CC(C)(Cc1ccc(-c2cnc3c(-c4ccc(SN)c5ccccc45)c[nH][n+]3c2)cc1)CN1CCCCC1. The van der Waals surface area contributed by atoms with Gasteiger partial charge < -0.3 is 4.90 Å². The van der Waals surface area contributed by atoms with E-state index in [0.717, 1.165) is 39.0 Å². The second-order valence-electron chi connectivity index (χ2n) is 11.4. The Hall–Kier alpha value is -3.19. The molecular weight excluding hydrogens is 486 g/mol. The van der Waals surface area contributed by atoms with Crippen molar-refractivity contribution < 1.29 is 4.52 Å². The molecule has 6 rings (SSSR count). The monoisotopic (exact) mass is 522 g/mol. The summed E-state index contributed by atoms with van der Waals surface area (Å²) in [6.45, 7) is 8.48. The Bertz CT molecular complexity index is 1560. The lowest BCUT2D eigenvalue weighted by atomic mass is 9.84. The number of nitrogens with two attached hydrogens (primary N) is 1. The number of H-pyrrole nitrogens is 1. The lowest BCUT2D eigenvalue weighted by Crippen LogP contribution is -2.38. The minimum atomic E-state index is 0.265. The van der Waals surface area contributed by atoms with E-state index in [0.29, 0.717) is 0 Å². The molecule has 2 aromatic heterocycles. The van der Waals surface area contributed by atoms with E-state index >= 15 is 0 Å². The summed E-state index contributed by atoms with van der Waals surface area (Å²) in [5.74, 6) is 0. The Kier molecular flexibility index (Phi) is 6.95. The Balaban J connectivity index is 1.24. The number of likely N-dealkylation sites (tertiary alicyclic amines) is 1. The van der Waals surface area contributed by atoms with Crippen molar-refractivity contribution in [3.63, 3.8) is 0 Å².